The van der Waals surface area contributed by atoms with E-state index >= 15 is 0 Å². The monoisotopic (exact) mass is 405 g/mol. The number of hydrogen-bond donors (Lipinski definition) is 0. The van der Waals surface area contributed by atoms with Gasteiger partial charge < -0.3 is 9.30 Å². The minimum atomic E-state index is -0.964. The van der Waals surface area contributed by atoms with Crippen molar-refractivity contribution in [1.29, 1.82) is 0 Å². The number of benzene rings is 1. The molecule has 128 valence electrons. The Bertz CT molecular complexity index is 972. The molecule has 1 aliphatic rings. The number of imidazole rings is 1. The van der Waals surface area contributed by atoms with Crippen LogP contribution in [-0.2, 0) is 4.79 Å². The molecule has 0 saturated carbocycles. The highest BCUT2D eigenvalue weighted by Gasteiger charge is 2.32. The zero-order valence-corrected chi connectivity index (χ0v) is 14.7. The maximum atomic E-state index is 13.7. The van der Waals surface area contributed by atoms with Crippen LogP contribution in [0.4, 0.5) is 14.5 Å². The highest BCUT2D eigenvalue weighted by molar-refractivity contribution is 9.10. The highest BCUT2D eigenvalue weighted by atomic mass is 79.9. The number of fused-ring (bicyclic) bond motifs is 1. The molecule has 4 rings (SSSR count). The van der Waals surface area contributed by atoms with Gasteiger partial charge in [0, 0.05) is 35.0 Å². The van der Waals surface area contributed by atoms with Gasteiger partial charge in [0.25, 0.3) is 0 Å². The fourth-order valence-electron chi connectivity index (χ4n) is 3.25. The van der Waals surface area contributed by atoms with E-state index in [1.165, 1.54) is 11.0 Å². The molecule has 4 nitrogen and oxygen atoms in total. The van der Waals surface area contributed by atoms with E-state index in [4.69, 9.17) is 0 Å². The largest absolute Gasteiger partial charge is 0.307 e. The lowest BCUT2D eigenvalue weighted by Crippen LogP contribution is -2.38. The Morgan fingerprint density at radius 3 is 2.80 bits per heavy atom. The van der Waals surface area contributed by atoms with Crippen molar-refractivity contribution in [3.8, 4) is 0 Å². The van der Waals surface area contributed by atoms with Gasteiger partial charge in [-0.1, -0.05) is 15.9 Å². The Balaban J connectivity index is 1.78. The number of rotatable bonds is 2. The van der Waals surface area contributed by atoms with Gasteiger partial charge in [-0.05, 0) is 37.1 Å². The molecule has 0 unspecified atom stereocenters. The molecule has 1 amide bonds. The van der Waals surface area contributed by atoms with Crippen LogP contribution in [0.2, 0.25) is 0 Å². The number of aromatic nitrogens is 2. The summed E-state index contributed by atoms with van der Waals surface area (Å²) in [5, 5.41) is 0. The van der Waals surface area contributed by atoms with Gasteiger partial charge in [-0.25, -0.2) is 13.8 Å². The van der Waals surface area contributed by atoms with Gasteiger partial charge in [-0.3, -0.25) is 4.79 Å². The molecule has 1 aromatic carbocycles. The number of hydrogen-bond acceptors (Lipinski definition) is 2. The number of anilines is 1. The van der Waals surface area contributed by atoms with Crippen molar-refractivity contribution in [2.45, 2.75) is 25.3 Å². The summed E-state index contributed by atoms with van der Waals surface area (Å²) in [7, 11) is 0. The van der Waals surface area contributed by atoms with Crippen LogP contribution in [-0.4, -0.2) is 15.3 Å². The van der Waals surface area contributed by atoms with Crippen LogP contribution in [0, 0.1) is 11.6 Å². The molecular formula is C18H14BrF2N3O. The predicted molar refractivity (Wildman–Crippen MR) is 93.3 cm³/mol. The summed E-state index contributed by atoms with van der Waals surface area (Å²) < 4.78 is 29.7. The zero-order chi connectivity index (χ0) is 17.6. The summed E-state index contributed by atoms with van der Waals surface area (Å²) in [5.74, 6) is -2.00. The molecule has 1 saturated heterocycles. The third kappa shape index (κ3) is 2.93. The maximum absolute atomic E-state index is 13.7. The average Bonchev–Trinajstić information content (AvgIpc) is 3.00. The van der Waals surface area contributed by atoms with Gasteiger partial charge in [-0.2, -0.15) is 0 Å². The first-order valence-electron chi connectivity index (χ1n) is 7.94. The van der Waals surface area contributed by atoms with Crippen molar-refractivity contribution in [2.24, 2.45) is 0 Å². The highest BCUT2D eigenvalue weighted by Crippen LogP contribution is 2.36. The number of piperidine rings is 1. The third-order valence-corrected chi connectivity index (χ3v) is 4.91. The van der Waals surface area contributed by atoms with E-state index in [-0.39, 0.29) is 11.9 Å². The van der Waals surface area contributed by atoms with E-state index in [2.05, 4.69) is 20.9 Å². The number of nitrogens with zero attached hydrogens (tertiary/aromatic N) is 3. The fraction of sp³-hybridized carbons (Fsp3) is 0.222. The van der Waals surface area contributed by atoms with Crippen molar-refractivity contribution in [1.82, 2.24) is 9.38 Å². The van der Waals surface area contributed by atoms with Gasteiger partial charge in [-0.15, -0.1) is 0 Å². The lowest BCUT2D eigenvalue weighted by Gasteiger charge is -2.34. The van der Waals surface area contributed by atoms with Crippen LogP contribution >= 0.6 is 15.9 Å². The van der Waals surface area contributed by atoms with E-state index in [1.54, 1.807) is 0 Å². The molecule has 3 aromatic rings. The molecule has 3 heterocycles. The summed E-state index contributed by atoms with van der Waals surface area (Å²) in [6.07, 6.45) is 5.59. The molecule has 0 spiro atoms. The summed E-state index contributed by atoms with van der Waals surface area (Å²) >= 11 is 3.42. The van der Waals surface area contributed by atoms with Crippen molar-refractivity contribution in [3.05, 3.63) is 64.5 Å². The number of halogens is 3. The van der Waals surface area contributed by atoms with Gasteiger partial charge in [0.2, 0.25) is 5.91 Å². The minimum absolute atomic E-state index is 0.111. The number of carbonyl (C=O) groups is 1. The molecule has 0 radical (unpaired) electrons. The van der Waals surface area contributed by atoms with Crippen LogP contribution in [0.15, 0.2) is 47.2 Å². The zero-order valence-electron chi connectivity index (χ0n) is 13.1. The van der Waals surface area contributed by atoms with Crippen LogP contribution < -0.4 is 4.90 Å². The molecule has 0 aliphatic carbocycles. The van der Waals surface area contributed by atoms with Crippen LogP contribution in [0.25, 0.3) is 5.65 Å². The lowest BCUT2D eigenvalue weighted by molar-refractivity contribution is -0.120. The van der Waals surface area contributed by atoms with E-state index < -0.39 is 11.6 Å². The van der Waals surface area contributed by atoms with E-state index in [0.29, 0.717) is 12.1 Å². The second kappa shape index (κ2) is 6.22. The fourth-order valence-corrected chi connectivity index (χ4v) is 3.57. The second-order valence-corrected chi connectivity index (χ2v) is 6.96. The third-order valence-electron chi connectivity index (χ3n) is 4.41. The van der Waals surface area contributed by atoms with Gasteiger partial charge >= 0.3 is 0 Å². The van der Waals surface area contributed by atoms with Crippen molar-refractivity contribution in [2.75, 3.05) is 4.90 Å². The van der Waals surface area contributed by atoms with E-state index in [0.717, 1.165) is 40.8 Å². The second-order valence-electron chi connectivity index (χ2n) is 6.05. The van der Waals surface area contributed by atoms with Crippen LogP contribution in [0.5, 0.6) is 0 Å². The SMILES string of the molecule is O=C1CCC[C@@H](c2cn3ccc(Br)cc3n2)N1c1ccc(F)c(F)c1. The molecule has 25 heavy (non-hydrogen) atoms. The minimum Gasteiger partial charge on any atom is -0.307 e. The maximum Gasteiger partial charge on any atom is 0.227 e. The summed E-state index contributed by atoms with van der Waals surface area (Å²) in [5.41, 5.74) is 1.84. The standard InChI is InChI=1S/C18H14BrF2N3O/c19-11-6-7-23-10-15(22-17(23)8-11)16-2-1-3-18(25)24(16)12-4-5-13(20)14(21)9-12/h4-10,16H,1-3H2/t16-/m0/s1. The lowest BCUT2D eigenvalue weighted by atomic mass is 9.98. The van der Waals surface area contributed by atoms with Crippen LogP contribution in [0.1, 0.15) is 31.0 Å². The summed E-state index contributed by atoms with van der Waals surface area (Å²) in [4.78, 5) is 18.7. The Kier molecular flexibility index (Phi) is 4.03. The number of pyridine rings is 1. The Morgan fingerprint density at radius 2 is 2.00 bits per heavy atom. The van der Waals surface area contributed by atoms with E-state index in [9.17, 15) is 13.6 Å². The van der Waals surface area contributed by atoms with Gasteiger partial charge in [0.1, 0.15) is 5.65 Å². The average molecular weight is 406 g/mol. The first-order chi connectivity index (χ1) is 12.0. The molecule has 0 N–H and O–H groups in total. The normalized spacial score (nSPS) is 18.1. The van der Waals surface area contributed by atoms with Crippen LogP contribution in [0.3, 0.4) is 0 Å². The Labute approximate surface area is 151 Å². The molecule has 1 atom stereocenters. The molecule has 1 fully saturated rings. The van der Waals surface area contributed by atoms with Gasteiger partial charge in [0.15, 0.2) is 11.6 Å². The molecule has 7 heteroatoms. The summed E-state index contributed by atoms with van der Waals surface area (Å²) in [6, 6.07) is 7.03. The van der Waals surface area contributed by atoms with Crippen molar-refractivity contribution < 1.29 is 13.6 Å². The molecule has 1 aliphatic heterocycles. The van der Waals surface area contributed by atoms with Crippen molar-refractivity contribution >= 4 is 33.2 Å². The molecule has 2 aromatic heterocycles. The van der Waals surface area contributed by atoms with E-state index in [1.807, 2.05) is 28.9 Å². The summed E-state index contributed by atoms with van der Waals surface area (Å²) in [6.45, 7) is 0. The molecular weight excluding hydrogens is 392 g/mol. The Hall–Kier alpha value is -2.28. The van der Waals surface area contributed by atoms with Crippen molar-refractivity contribution in [3.63, 3.8) is 0 Å². The predicted octanol–water partition coefficient (Wildman–Crippen LogP) is 4.63. The topological polar surface area (TPSA) is 37.6 Å². The Morgan fingerprint density at radius 1 is 1.16 bits per heavy atom. The number of carbonyl (C=O) groups excluding carboxylic acids is 1. The number of amides is 1. The first-order valence-corrected chi connectivity index (χ1v) is 8.73. The van der Waals surface area contributed by atoms with Gasteiger partial charge in [0.05, 0.1) is 11.7 Å². The smallest absolute Gasteiger partial charge is 0.227 e. The molecule has 0 bridgehead atoms. The quantitative estimate of drug-likeness (QED) is 0.622. The first kappa shape index (κ1) is 16.2.